The summed E-state index contributed by atoms with van der Waals surface area (Å²) in [6.07, 6.45) is 3.40. The Balaban J connectivity index is 2.04. The van der Waals surface area contributed by atoms with Crippen LogP contribution in [-0.2, 0) is 6.54 Å². The zero-order valence-electron chi connectivity index (χ0n) is 11.3. The lowest BCUT2D eigenvalue weighted by atomic mass is 10.3. The molecule has 0 aliphatic rings. The SMILES string of the molecule is Cc1cc2c(N(C)Cc3ccoc3)nc(NN)nc2s1. The lowest BCUT2D eigenvalue weighted by Crippen LogP contribution is -2.19. The molecule has 0 unspecified atom stereocenters. The standard InChI is InChI=1S/C13H15N5OS/c1-8-5-10-11(15-13(17-14)16-12(10)20-8)18(2)6-9-3-4-19-7-9/h3-5,7H,6,14H2,1-2H3,(H,15,16,17). The number of nitrogens with one attached hydrogen (secondary N) is 1. The largest absolute Gasteiger partial charge is 0.472 e. The highest BCUT2D eigenvalue weighted by atomic mass is 32.1. The van der Waals surface area contributed by atoms with E-state index in [1.165, 1.54) is 4.88 Å². The van der Waals surface area contributed by atoms with Gasteiger partial charge in [0.2, 0.25) is 5.95 Å². The van der Waals surface area contributed by atoms with Crippen molar-refractivity contribution in [1.29, 1.82) is 0 Å². The number of aryl methyl sites for hydroxylation is 1. The van der Waals surface area contributed by atoms with Crippen LogP contribution in [0.15, 0.2) is 29.1 Å². The minimum atomic E-state index is 0.424. The average Bonchev–Trinajstić information content (AvgIpc) is 3.05. The molecule has 0 aromatic carbocycles. The summed E-state index contributed by atoms with van der Waals surface area (Å²) in [5.41, 5.74) is 3.61. The summed E-state index contributed by atoms with van der Waals surface area (Å²) in [5.74, 6) is 6.73. The van der Waals surface area contributed by atoms with Crippen molar-refractivity contribution in [1.82, 2.24) is 9.97 Å². The molecule has 0 saturated heterocycles. The second kappa shape index (κ2) is 5.10. The minimum absolute atomic E-state index is 0.424. The van der Waals surface area contributed by atoms with Gasteiger partial charge in [0.25, 0.3) is 0 Å². The van der Waals surface area contributed by atoms with Gasteiger partial charge >= 0.3 is 0 Å². The molecule has 0 aliphatic heterocycles. The van der Waals surface area contributed by atoms with Crippen LogP contribution in [0.1, 0.15) is 10.4 Å². The van der Waals surface area contributed by atoms with Crippen molar-refractivity contribution >= 4 is 33.3 Å². The first-order chi connectivity index (χ1) is 9.67. The van der Waals surface area contributed by atoms with E-state index >= 15 is 0 Å². The Kier molecular flexibility index (Phi) is 3.29. The number of hydrazine groups is 1. The molecule has 6 nitrogen and oxygen atoms in total. The summed E-state index contributed by atoms with van der Waals surface area (Å²) in [4.78, 5) is 13.0. The van der Waals surface area contributed by atoms with Gasteiger partial charge in [0, 0.05) is 24.0 Å². The number of fused-ring (bicyclic) bond motifs is 1. The molecule has 3 N–H and O–H groups in total. The van der Waals surface area contributed by atoms with E-state index in [1.807, 2.05) is 13.1 Å². The molecule has 20 heavy (non-hydrogen) atoms. The van der Waals surface area contributed by atoms with Gasteiger partial charge in [-0.3, -0.25) is 5.43 Å². The van der Waals surface area contributed by atoms with Crippen LogP contribution in [0.3, 0.4) is 0 Å². The van der Waals surface area contributed by atoms with Crippen LogP contribution < -0.4 is 16.2 Å². The maximum atomic E-state index is 5.45. The lowest BCUT2D eigenvalue weighted by Gasteiger charge is -2.18. The van der Waals surface area contributed by atoms with Crippen LogP contribution in [0, 0.1) is 6.92 Å². The van der Waals surface area contributed by atoms with Gasteiger partial charge in [-0.25, -0.2) is 10.8 Å². The molecule has 3 rings (SSSR count). The number of hydrogen-bond acceptors (Lipinski definition) is 7. The molecule has 0 fully saturated rings. The summed E-state index contributed by atoms with van der Waals surface area (Å²) < 4.78 is 5.10. The van der Waals surface area contributed by atoms with Gasteiger partial charge in [0.05, 0.1) is 17.9 Å². The zero-order chi connectivity index (χ0) is 14.1. The predicted molar refractivity (Wildman–Crippen MR) is 80.8 cm³/mol. The topological polar surface area (TPSA) is 80.2 Å². The number of hydrogen-bond donors (Lipinski definition) is 2. The normalized spacial score (nSPS) is 10.9. The first-order valence-corrected chi connectivity index (χ1v) is 6.96. The predicted octanol–water partition coefficient (Wildman–Crippen LogP) is 2.51. The van der Waals surface area contributed by atoms with E-state index in [0.29, 0.717) is 12.5 Å². The Morgan fingerprint density at radius 3 is 3.00 bits per heavy atom. The van der Waals surface area contributed by atoms with Crippen LogP contribution in [0.4, 0.5) is 11.8 Å². The van der Waals surface area contributed by atoms with Crippen molar-refractivity contribution in [2.75, 3.05) is 17.4 Å². The molecule has 0 atom stereocenters. The summed E-state index contributed by atoms with van der Waals surface area (Å²) in [5, 5.41) is 1.04. The quantitative estimate of drug-likeness (QED) is 0.567. The van der Waals surface area contributed by atoms with E-state index in [1.54, 1.807) is 23.9 Å². The molecule has 0 bridgehead atoms. The Hall–Kier alpha value is -2.12. The lowest BCUT2D eigenvalue weighted by molar-refractivity contribution is 0.563. The fourth-order valence-electron chi connectivity index (χ4n) is 2.11. The molecule has 0 amide bonds. The van der Waals surface area contributed by atoms with E-state index < -0.39 is 0 Å². The van der Waals surface area contributed by atoms with E-state index in [-0.39, 0.29) is 0 Å². The average molecular weight is 289 g/mol. The number of aromatic nitrogens is 2. The number of furan rings is 1. The first kappa shape index (κ1) is 12.9. The molecule has 0 saturated carbocycles. The molecule has 3 heterocycles. The van der Waals surface area contributed by atoms with Gasteiger partial charge < -0.3 is 9.32 Å². The highest BCUT2D eigenvalue weighted by Crippen LogP contribution is 2.31. The van der Waals surface area contributed by atoms with Crippen LogP contribution in [0.5, 0.6) is 0 Å². The third-order valence-corrected chi connectivity index (χ3v) is 3.93. The Bertz CT molecular complexity index is 722. The maximum Gasteiger partial charge on any atom is 0.240 e. The molecule has 7 heteroatoms. The Labute approximate surface area is 120 Å². The third kappa shape index (κ3) is 2.33. The van der Waals surface area contributed by atoms with Crippen molar-refractivity contribution in [3.8, 4) is 0 Å². The molecule has 104 valence electrons. The molecular formula is C13H15N5OS. The number of anilines is 2. The highest BCUT2D eigenvalue weighted by molar-refractivity contribution is 7.18. The van der Waals surface area contributed by atoms with Crippen molar-refractivity contribution in [2.45, 2.75) is 13.5 Å². The number of nitrogen functional groups attached to an aromatic ring is 1. The fourth-order valence-corrected chi connectivity index (χ4v) is 2.99. The number of thiophene rings is 1. The van der Waals surface area contributed by atoms with E-state index in [0.717, 1.165) is 21.6 Å². The molecule has 3 aromatic rings. The van der Waals surface area contributed by atoms with Gasteiger partial charge in [-0.15, -0.1) is 11.3 Å². The second-order valence-electron chi connectivity index (χ2n) is 4.58. The van der Waals surface area contributed by atoms with E-state index in [4.69, 9.17) is 10.3 Å². The first-order valence-electron chi connectivity index (χ1n) is 6.14. The molecular weight excluding hydrogens is 274 g/mol. The molecule has 0 aliphatic carbocycles. The van der Waals surface area contributed by atoms with Crippen LogP contribution in [-0.4, -0.2) is 17.0 Å². The third-order valence-electron chi connectivity index (χ3n) is 2.99. The second-order valence-corrected chi connectivity index (χ2v) is 5.81. The van der Waals surface area contributed by atoms with Gasteiger partial charge in [-0.2, -0.15) is 4.98 Å². The van der Waals surface area contributed by atoms with Gasteiger partial charge in [0.1, 0.15) is 10.6 Å². The van der Waals surface area contributed by atoms with Crippen LogP contribution in [0.2, 0.25) is 0 Å². The smallest absolute Gasteiger partial charge is 0.240 e. The van der Waals surface area contributed by atoms with Crippen molar-refractivity contribution < 1.29 is 4.42 Å². The summed E-state index contributed by atoms with van der Waals surface area (Å²) in [6.45, 7) is 2.77. The highest BCUT2D eigenvalue weighted by Gasteiger charge is 2.14. The molecule has 0 radical (unpaired) electrons. The Morgan fingerprint density at radius 1 is 1.45 bits per heavy atom. The van der Waals surface area contributed by atoms with Gasteiger partial charge in [-0.05, 0) is 19.1 Å². The monoisotopic (exact) mass is 289 g/mol. The maximum absolute atomic E-state index is 5.45. The summed E-state index contributed by atoms with van der Waals surface area (Å²) in [7, 11) is 1.99. The number of nitrogens with zero attached hydrogens (tertiary/aromatic N) is 3. The molecule has 3 aromatic heterocycles. The van der Waals surface area contributed by atoms with Gasteiger partial charge in [0.15, 0.2) is 0 Å². The van der Waals surface area contributed by atoms with Crippen LogP contribution >= 0.6 is 11.3 Å². The Morgan fingerprint density at radius 2 is 2.30 bits per heavy atom. The van der Waals surface area contributed by atoms with Gasteiger partial charge in [-0.1, -0.05) is 0 Å². The van der Waals surface area contributed by atoms with Crippen LogP contribution in [0.25, 0.3) is 10.2 Å². The summed E-state index contributed by atoms with van der Waals surface area (Å²) in [6, 6.07) is 4.04. The minimum Gasteiger partial charge on any atom is -0.472 e. The zero-order valence-corrected chi connectivity index (χ0v) is 12.1. The number of nitrogens with two attached hydrogens (primary N) is 1. The van der Waals surface area contributed by atoms with Crippen molar-refractivity contribution in [2.24, 2.45) is 5.84 Å². The summed E-state index contributed by atoms with van der Waals surface area (Å²) >= 11 is 1.63. The van der Waals surface area contributed by atoms with E-state index in [2.05, 4.69) is 33.3 Å². The van der Waals surface area contributed by atoms with Crippen molar-refractivity contribution in [3.05, 3.63) is 35.1 Å². The van der Waals surface area contributed by atoms with E-state index in [9.17, 15) is 0 Å². The fraction of sp³-hybridized carbons (Fsp3) is 0.231. The van der Waals surface area contributed by atoms with Crippen molar-refractivity contribution in [3.63, 3.8) is 0 Å². The number of rotatable bonds is 4. The molecule has 0 spiro atoms.